The summed E-state index contributed by atoms with van der Waals surface area (Å²) in [5, 5.41) is 12.1. The van der Waals surface area contributed by atoms with Crippen LogP contribution in [0.15, 0.2) is 0 Å². The van der Waals surface area contributed by atoms with Gasteiger partial charge in [0.25, 0.3) is 0 Å². The van der Waals surface area contributed by atoms with Crippen LogP contribution in [0.1, 0.15) is 39.0 Å². The Balaban J connectivity index is 2.06. The molecule has 0 aliphatic heterocycles. The smallest absolute Gasteiger partial charge is 0.0443 e. The van der Waals surface area contributed by atoms with Crippen LogP contribution in [-0.4, -0.2) is 24.3 Å². The van der Waals surface area contributed by atoms with Crippen LogP contribution >= 0.6 is 0 Å². The first kappa shape index (κ1) is 10.0. The largest absolute Gasteiger partial charge is 0.396 e. The molecular formula is C10H21NO. The number of hydrogen-bond donors (Lipinski definition) is 2. The lowest BCUT2D eigenvalue weighted by atomic mass is 9.87. The summed E-state index contributed by atoms with van der Waals surface area (Å²) in [7, 11) is 0. The average molecular weight is 171 g/mol. The Hall–Kier alpha value is -0.0800. The summed E-state index contributed by atoms with van der Waals surface area (Å²) in [6.45, 7) is 3.63. The number of hydrogen-bond acceptors (Lipinski definition) is 2. The molecule has 0 spiro atoms. The van der Waals surface area contributed by atoms with Crippen molar-refractivity contribution in [3.63, 3.8) is 0 Å². The van der Waals surface area contributed by atoms with Gasteiger partial charge >= 0.3 is 0 Å². The van der Waals surface area contributed by atoms with Crippen LogP contribution in [0.4, 0.5) is 0 Å². The Kier molecular flexibility index (Phi) is 4.62. The van der Waals surface area contributed by atoms with Crippen molar-refractivity contribution >= 4 is 0 Å². The van der Waals surface area contributed by atoms with Crippen molar-refractivity contribution in [2.45, 2.75) is 45.1 Å². The topological polar surface area (TPSA) is 32.3 Å². The SMILES string of the molecule is C[C@@H]1CCC[C@@H](NCCCO)C1. The molecule has 2 nitrogen and oxygen atoms in total. The minimum absolute atomic E-state index is 0.315. The summed E-state index contributed by atoms with van der Waals surface area (Å²) in [5.41, 5.74) is 0. The molecule has 12 heavy (non-hydrogen) atoms. The third-order valence-electron chi connectivity index (χ3n) is 2.70. The van der Waals surface area contributed by atoms with E-state index in [0.717, 1.165) is 24.9 Å². The van der Waals surface area contributed by atoms with E-state index >= 15 is 0 Å². The summed E-state index contributed by atoms with van der Waals surface area (Å²) in [4.78, 5) is 0. The molecule has 0 unspecified atom stereocenters. The van der Waals surface area contributed by atoms with Gasteiger partial charge in [-0.1, -0.05) is 19.8 Å². The average Bonchev–Trinajstić information content (AvgIpc) is 2.05. The first-order chi connectivity index (χ1) is 5.83. The standard InChI is InChI=1S/C10H21NO/c1-9-4-2-5-10(8-9)11-6-3-7-12/h9-12H,2-8H2,1H3/t9-,10-/m1/s1. The first-order valence-electron chi connectivity index (χ1n) is 5.17. The summed E-state index contributed by atoms with van der Waals surface area (Å²) < 4.78 is 0. The van der Waals surface area contributed by atoms with E-state index in [1.807, 2.05) is 0 Å². The van der Waals surface area contributed by atoms with E-state index in [0.29, 0.717) is 6.61 Å². The number of rotatable bonds is 4. The maximum Gasteiger partial charge on any atom is 0.0443 e. The van der Waals surface area contributed by atoms with Crippen LogP contribution in [0.25, 0.3) is 0 Å². The molecule has 0 radical (unpaired) electrons. The number of aliphatic hydroxyl groups excluding tert-OH is 1. The second kappa shape index (κ2) is 5.55. The molecule has 72 valence electrons. The molecule has 1 rings (SSSR count). The van der Waals surface area contributed by atoms with Crippen molar-refractivity contribution in [1.29, 1.82) is 0 Å². The predicted molar refractivity (Wildman–Crippen MR) is 51.1 cm³/mol. The van der Waals surface area contributed by atoms with Gasteiger partial charge in [0, 0.05) is 12.6 Å². The molecule has 0 saturated heterocycles. The van der Waals surface area contributed by atoms with Gasteiger partial charge in [-0.15, -0.1) is 0 Å². The third-order valence-corrected chi connectivity index (χ3v) is 2.70. The minimum atomic E-state index is 0.315. The zero-order chi connectivity index (χ0) is 8.81. The molecule has 0 aromatic rings. The van der Waals surface area contributed by atoms with Crippen molar-refractivity contribution in [2.24, 2.45) is 5.92 Å². The van der Waals surface area contributed by atoms with Gasteiger partial charge in [0.15, 0.2) is 0 Å². The maximum absolute atomic E-state index is 8.61. The quantitative estimate of drug-likeness (QED) is 0.629. The normalized spacial score (nSPS) is 30.5. The van der Waals surface area contributed by atoms with Crippen molar-refractivity contribution in [1.82, 2.24) is 5.32 Å². The van der Waals surface area contributed by atoms with Crippen LogP contribution in [0.5, 0.6) is 0 Å². The van der Waals surface area contributed by atoms with Crippen LogP contribution in [0.3, 0.4) is 0 Å². The number of aliphatic hydroxyl groups is 1. The third kappa shape index (κ3) is 3.55. The van der Waals surface area contributed by atoms with Gasteiger partial charge in [-0.05, 0) is 31.7 Å². The van der Waals surface area contributed by atoms with Crippen LogP contribution in [-0.2, 0) is 0 Å². The molecule has 0 aromatic heterocycles. The molecule has 1 fully saturated rings. The second-order valence-corrected chi connectivity index (χ2v) is 4.00. The van der Waals surface area contributed by atoms with E-state index in [-0.39, 0.29) is 0 Å². The summed E-state index contributed by atoms with van der Waals surface area (Å²) >= 11 is 0. The Morgan fingerprint density at radius 3 is 2.92 bits per heavy atom. The monoisotopic (exact) mass is 171 g/mol. The van der Waals surface area contributed by atoms with Crippen molar-refractivity contribution in [2.75, 3.05) is 13.2 Å². The molecular weight excluding hydrogens is 150 g/mol. The highest BCUT2D eigenvalue weighted by atomic mass is 16.3. The van der Waals surface area contributed by atoms with Gasteiger partial charge in [0.2, 0.25) is 0 Å². The van der Waals surface area contributed by atoms with E-state index in [4.69, 9.17) is 5.11 Å². The molecule has 0 amide bonds. The fraction of sp³-hybridized carbons (Fsp3) is 1.00. The summed E-state index contributed by atoms with van der Waals surface area (Å²) in [5.74, 6) is 0.894. The van der Waals surface area contributed by atoms with Gasteiger partial charge in [-0.25, -0.2) is 0 Å². The van der Waals surface area contributed by atoms with Crippen LogP contribution in [0.2, 0.25) is 0 Å². The number of nitrogens with one attached hydrogen (secondary N) is 1. The highest BCUT2D eigenvalue weighted by Crippen LogP contribution is 2.23. The van der Waals surface area contributed by atoms with E-state index in [1.165, 1.54) is 25.7 Å². The van der Waals surface area contributed by atoms with Gasteiger partial charge in [0.05, 0.1) is 0 Å². The fourth-order valence-electron chi connectivity index (χ4n) is 2.00. The Morgan fingerprint density at radius 2 is 2.25 bits per heavy atom. The minimum Gasteiger partial charge on any atom is -0.396 e. The highest BCUT2D eigenvalue weighted by molar-refractivity contribution is 4.75. The zero-order valence-corrected chi connectivity index (χ0v) is 8.05. The second-order valence-electron chi connectivity index (χ2n) is 4.00. The van der Waals surface area contributed by atoms with Crippen molar-refractivity contribution < 1.29 is 5.11 Å². The zero-order valence-electron chi connectivity index (χ0n) is 8.05. The molecule has 0 bridgehead atoms. The molecule has 1 saturated carbocycles. The lowest BCUT2D eigenvalue weighted by molar-refractivity contribution is 0.266. The summed E-state index contributed by atoms with van der Waals surface area (Å²) in [6.07, 6.45) is 6.32. The Bertz CT molecular complexity index is 116. The first-order valence-corrected chi connectivity index (χ1v) is 5.17. The molecule has 2 atom stereocenters. The molecule has 2 heteroatoms. The van der Waals surface area contributed by atoms with Gasteiger partial charge < -0.3 is 10.4 Å². The van der Waals surface area contributed by atoms with Gasteiger partial charge in [0.1, 0.15) is 0 Å². The van der Waals surface area contributed by atoms with Crippen molar-refractivity contribution in [3.05, 3.63) is 0 Å². The van der Waals surface area contributed by atoms with E-state index < -0.39 is 0 Å². The van der Waals surface area contributed by atoms with Crippen molar-refractivity contribution in [3.8, 4) is 0 Å². The van der Waals surface area contributed by atoms with Gasteiger partial charge in [-0.2, -0.15) is 0 Å². The molecule has 1 aliphatic carbocycles. The molecule has 2 N–H and O–H groups in total. The maximum atomic E-state index is 8.61. The lowest BCUT2D eigenvalue weighted by Crippen LogP contribution is -2.34. The Morgan fingerprint density at radius 1 is 1.42 bits per heavy atom. The Labute approximate surface area is 75.4 Å². The van der Waals surface area contributed by atoms with E-state index in [2.05, 4.69) is 12.2 Å². The lowest BCUT2D eigenvalue weighted by Gasteiger charge is -2.27. The molecule has 0 heterocycles. The molecule has 0 aromatic carbocycles. The molecule has 1 aliphatic rings. The van der Waals surface area contributed by atoms with Crippen LogP contribution < -0.4 is 5.32 Å². The van der Waals surface area contributed by atoms with Gasteiger partial charge in [-0.3, -0.25) is 0 Å². The predicted octanol–water partition coefficient (Wildman–Crippen LogP) is 1.54. The fourth-order valence-corrected chi connectivity index (χ4v) is 2.00. The van der Waals surface area contributed by atoms with E-state index in [1.54, 1.807) is 0 Å². The highest BCUT2D eigenvalue weighted by Gasteiger charge is 2.17. The summed E-state index contributed by atoms with van der Waals surface area (Å²) in [6, 6.07) is 0.722. The van der Waals surface area contributed by atoms with Crippen LogP contribution in [0, 0.1) is 5.92 Å². The van der Waals surface area contributed by atoms with E-state index in [9.17, 15) is 0 Å².